The molecule has 2 heteroatoms. The van der Waals surface area contributed by atoms with Gasteiger partial charge in [-0.1, -0.05) is 158 Å². The van der Waals surface area contributed by atoms with Gasteiger partial charge in [-0.25, -0.2) is 0 Å². The Labute approximate surface area is 303 Å². The van der Waals surface area contributed by atoms with E-state index in [1.165, 1.54) is 65.6 Å². The number of hydrogen-bond acceptors (Lipinski definition) is 1. The fourth-order valence-electron chi connectivity index (χ4n) is 7.91. The molecule has 9 aromatic carbocycles. The summed E-state index contributed by atoms with van der Waals surface area (Å²) in [6, 6.07) is 74.9. The van der Waals surface area contributed by atoms with Crippen LogP contribution in [0.1, 0.15) is 0 Å². The molecule has 0 aliphatic rings. The smallest absolute Gasteiger partial charge is 0.0546 e. The number of nitrogens with zero attached hydrogens (tertiary/aromatic N) is 2. The minimum atomic E-state index is 1.09. The molecule has 0 N–H and O–H groups in total. The van der Waals surface area contributed by atoms with E-state index < -0.39 is 0 Å². The molecule has 10 aromatic rings. The van der Waals surface area contributed by atoms with Crippen LogP contribution < -0.4 is 4.90 Å². The highest BCUT2D eigenvalue weighted by molar-refractivity contribution is 6.09. The summed E-state index contributed by atoms with van der Waals surface area (Å²) in [6.45, 7) is 0. The molecule has 1 heterocycles. The zero-order chi connectivity index (χ0) is 34.4. The summed E-state index contributed by atoms with van der Waals surface area (Å²) in [5.41, 5.74) is 11.5. The SMILES string of the molecule is c1ccc(-c2ccc(-c3ccc4ccccc4c3)cc2N(c2cccc(-n3c4ccccc4c4ccccc43)c2)c2cccc3ccccc23)cc1. The molecule has 10 rings (SSSR count). The summed E-state index contributed by atoms with van der Waals surface area (Å²) in [5, 5.41) is 7.38. The summed E-state index contributed by atoms with van der Waals surface area (Å²) in [4.78, 5) is 2.46. The molecular weight excluding hydrogens is 629 g/mol. The molecule has 0 amide bonds. The van der Waals surface area contributed by atoms with Crippen molar-refractivity contribution in [1.82, 2.24) is 4.57 Å². The van der Waals surface area contributed by atoms with Crippen LogP contribution in [0.3, 0.4) is 0 Å². The van der Waals surface area contributed by atoms with Crippen LogP contribution in [-0.4, -0.2) is 4.57 Å². The minimum Gasteiger partial charge on any atom is -0.309 e. The van der Waals surface area contributed by atoms with Gasteiger partial charge >= 0.3 is 0 Å². The van der Waals surface area contributed by atoms with Crippen molar-refractivity contribution in [3.63, 3.8) is 0 Å². The summed E-state index contributed by atoms with van der Waals surface area (Å²) in [5.74, 6) is 0. The van der Waals surface area contributed by atoms with Gasteiger partial charge in [-0.2, -0.15) is 0 Å². The molecule has 0 aliphatic carbocycles. The van der Waals surface area contributed by atoms with Gasteiger partial charge in [-0.05, 0) is 81.4 Å². The zero-order valence-corrected chi connectivity index (χ0v) is 28.5. The average molecular weight is 663 g/mol. The summed E-state index contributed by atoms with van der Waals surface area (Å²) < 4.78 is 2.40. The number of rotatable bonds is 6. The molecule has 0 bridgehead atoms. The van der Waals surface area contributed by atoms with E-state index >= 15 is 0 Å². The standard InChI is InChI=1S/C50H34N2/c1-2-15-36(16-3-1)44-31-30-40(39-29-28-35-14-4-5-18-38(35)32-39)33-50(44)52(47-27-12-19-37-17-6-7-22-43(37)47)42-21-13-20-41(34-42)51-48-25-10-8-23-45(48)46-24-9-11-26-49(46)51/h1-34H. The summed E-state index contributed by atoms with van der Waals surface area (Å²) in [6.07, 6.45) is 0. The van der Waals surface area contributed by atoms with Crippen LogP contribution in [0.5, 0.6) is 0 Å². The maximum atomic E-state index is 2.46. The predicted molar refractivity (Wildman–Crippen MR) is 221 cm³/mol. The Kier molecular flexibility index (Phi) is 7.18. The number of benzene rings is 9. The first-order valence-corrected chi connectivity index (χ1v) is 17.9. The molecule has 1 aromatic heterocycles. The fraction of sp³-hybridized carbons (Fsp3) is 0. The molecule has 0 aliphatic heterocycles. The topological polar surface area (TPSA) is 8.17 Å². The quantitative estimate of drug-likeness (QED) is 0.172. The monoisotopic (exact) mass is 662 g/mol. The molecule has 0 radical (unpaired) electrons. The van der Waals surface area contributed by atoms with Crippen LogP contribution in [0.25, 0.3) is 71.3 Å². The van der Waals surface area contributed by atoms with E-state index in [1.54, 1.807) is 0 Å². The third kappa shape index (κ3) is 5.04. The Hall–Kier alpha value is -6.90. The lowest BCUT2D eigenvalue weighted by Gasteiger charge is -2.30. The second kappa shape index (κ2) is 12.5. The van der Waals surface area contributed by atoms with Gasteiger partial charge in [0, 0.05) is 33.1 Å². The van der Waals surface area contributed by atoms with Gasteiger partial charge in [0.2, 0.25) is 0 Å². The number of fused-ring (bicyclic) bond motifs is 5. The Morgan fingerprint density at radius 2 is 0.923 bits per heavy atom. The molecule has 0 atom stereocenters. The third-order valence-corrected chi connectivity index (χ3v) is 10.3. The number of hydrogen-bond donors (Lipinski definition) is 0. The van der Waals surface area contributed by atoms with E-state index in [0.717, 1.165) is 22.7 Å². The molecule has 52 heavy (non-hydrogen) atoms. The lowest BCUT2D eigenvalue weighted by Crippen LogP contribution is -2.12. The van der Waals surface area contributed by atoms with Crippen LogP contribution in [0.2, 0.25) is 0 Å². The average Bonchev–Trinajstić information content (AvgIpc) is 3.56. The van der Waals surface area contributed by atoms with E-state index in [0.29, 0.717) is 0 Å². The predicted octanol–water partition coefficient (Wildman–Crippen LogP) is 13.9. The van der Waals surface area contributed by atoms with E-state index in [2.05, 4.69) is 216 Å². The molecular formula is C50H34N2. The number of para-hydroxylation sites is 2. The Balaban J connectivity index is 1.26. The number of anilines is 3. The third-order valence-electron chi connectivity index (χ3n) is 10.3. The highest BCUT2D eigenvalue weighted by Crippen LogP contribution is 2.46. The molecule has 0 unspecified atom stereocenters. The van der Waals surface area contributed by atoms with Crippen molar-refractivity contribution < 1.29 is 0 Å². The highest BCUT2D eigenvalue weighted by atomic mass is 15.1. The van der Waals surface area contributed by atoms with Crippen LogP contribution >= 0.6 is 0 Å². The molecule has 0 saturated heterocycles. The fourth-order valence-corrected chi connectivity index (χ4v) is 7.91. The van der Waals surface area contributed by atoms with Crippen molar-refractivity contribution in [2.75, 3.05) is 4.90 Å². The van der Waals surface area contributed by atoms with Gasteiger partial charge in [0.15, 0.2) is 0 Å². The van der Waals surface area contributed by atoms with Crippen LogP contribution in [0.15, 0.2) is 206 Å². The maximum Gasteiger partial charge on any atom is 0.0546 e. The zero-order valence-electron chi connectivity index (χ0n) is 28.5. The molecule has 244 valence electrons. The van der Waals surface area contributed by atoms with Gasteiger partial charge in [0.25, 0.3) is 0 Å². The Bertz CT molecular complexity index is 2860. The van der Waals surface area contributed by atoms with Crippen LogP contribution in [-0.2, 0) is 0 Å². The van der Waals surface area contributed by atoms with E-state index in [1.807, 2.05) is 0 Å². The summed E-state index contributed by atoms with van der Waals surface area (Å²) >= 11 is 0. The van der Waals surface area contributed by atoms with Crippen molar-refractivity contribution in [1.29, 1.82) is 0 Å². The lowest BCUT2D eigenvalue weighted by atomic mass is 9.95. The largest absolute Gasteiger partial charge is 0.309 e. The van der Waals surface area contributed by atoms with Crippen molar-refractivity contribution in [2.24, 2.45) is 0 Å². The van der Waals surface area contributed by atoms with E-state index in [-0.39, 0.29) is 0 Å². The van der Waals surface area contributed by atoms with Crippen molar-refractivity contribution in [3.05, 3.63) is 206 Å². The van der Waals surface area contributed by atoms with E-state index in [9.17, 15) is 0 Å². The van der Waals surface area contributed by atoms with E-state index in [4.69, 9.17) is 0 Å². The van der Waals surface area contributed by atoms with Crippen molar-refractivity contribution in [3.8, 4) is 27.9 Å². The molecule has 0 fully saturated rings. The van der Waals surface area contributed by atoms with Gasteiger partial charge in [-0.15, -0.1) is 0 Å². The second-order valence-electron chi connectivity index (χ2n) is 13.4. The molecule has 0 spiro atoms. The normalized spacial score (nSPS) is 11.5. The first-order valence-electron chi connectivity index (χ1n) is 17.9. The highest BCUT2D eigenvalue weighted by Gasteiger charge is 2.21. The van der Waals surface area contributed by atoms with Crippen molar-refractivity contribution in [2.45, 2.75) is 0 Å². The maximum absolute atomic E-state index is 2.46. The molecule has 0 saturated carbocycles. The van der Waals surface area contributed by atoms with Gasteiger partial charge in [-0.3, -0.25) is 0 Å². The Morgan fingerprint density at radius 1 is 0.327 bits per heavy atom. The molecule has 2 nitrogen and oxygen atoms in total. The first kappa shape index (κ1) is 30.0. The van der Waals surface area contributed by atoms with Gasteiger partial charge in [0.05, 0.1) is 22.4 Å². The van der Waals surface area contributed by atoms with Crippen LogP contribution in [0, 0.1) is 0 Å². The van der Waals surface area contributed by atoms with Gasteiger partial charge in [0.1, 0.15) is 0 Å². The van der Waals surface area contributed by atoms with Crippen molar-refractivity contribution >= 4 is 60.4 Å². The van der Waals surface area contributed by atoms with Crippen LogP contribution in [0.4, 0.5) is 17.1 Å². The van der Waals surface area contributed by atoms with Gasteiger partial charge < -0.3 is 9.47 Å². The second-order valence-corrected chi connectivity index (χ2v) is 13.4. The lowest BCUT2D eigenvalue weighted by molar-refractivity contribution is 1.17. The Morgan fingerprint density at radius 3 is 1.71 bits per heavy atom. The summed E-state index contributed by atoms with van der Waals surface area (Å²) in [7, 11) is 0. The first-order chi connectivity index (χ1) is 25.8. The minimum absolute atomic E-state index is 1.09. The number of aromatic nitrogens is 1.